The fourth-order valence-corrected chi connectivity index (χ4v) is 7.46. The number of fused-ring (bicyclic) bond motifs is 5. The topological polar surface area (TPSA) is 0 Å². The molecule has 3 rings (SSSR count). The van der Waals surface area contributed by atoms with Crippen molar-refractivity contribution in [1.29, 1.82) is 0 Å². The van der Waals surface area contributed by atoms with Crippen molar-refractivity contribution >= 4 is 92.8 Å². The maximum Gasteiger partial charge on any atom is 0.166 e. The van der Waals surface area contributed by atoms with E-state index in [1.165, 1.54) is 0 Å². The molecule has 2 saturated carbocycles. The Labute approximate surface area is 145 Å². The first-order chi connectivity index (χ1) is 8.11. The first-order valence-corrected chi connectivity index (χ1v) is 8.35. The summed E-state index contributed by atoms with van der Waals surface area (Å²) in [7, 11) is 0. The average molecular weight is 410 g/mol. The van der Waals surface area contributed by atoms with Crippen LogP contribution in [-0.2, 0) is 0 Å². The zero-order chi connectivity index (χ0) is 13.7. The molecule has 0 amide bonds. The Hall–Kier alpha value is 2.06. The fraction of sp³-hybridized carbons (Fsp3) is 0.800. The van der Waals surface area contributed by atoms with Gasteiger partial charge in [-0.1, -0.05) is 46.4 Å². The van der Waals surface area contributed by atoms with Crippen molar-refractivity contribution in [3.8, 4) is 0 Å². The van der Waals surface area contributed by atoms with Gasteiger partial charge in [0.2, 0.25) is 0 Å². The lowest BCUT2D eigenvalue weighted by atomic mass is 9.84. The molecule has 2 fully saturated rings. The molecule has 0 nitrogen and oxygen atoms in total. The zero-order valence-corrected chi connectivity index (χ0v) is 14.6. The van der Waals surface area contributed by atoms with Crippen LogP contribution in [0.25, 0.3) is 0 Å². The van der Waals surface area contributed by atoms with Crippen LogP contribution in [-0.4, -0.2) is 24.8 Å². The number of allylic oxidation sites excluding steroid dienone is 2. The third kappa shape index (κ3) is 1.28. The van der Waals surface area contributed by atoms with Gasteiger partial charge in [-0.2, -0.15) is 0 Å². The molecule has 0 aromatic carbocycles. The van der Waals surface area contributed by atoms with Gasteiger partial charge in [0, 0.05) is 5.92 Å². The Kier molecular flexibility index (Phi) is 3.39. The average Bonchev–Trinajstić information content (AvgIpc) is 2.69. The highest BCUT2D eigenvalue weighted by Gasteiger charge is 2.84. The Morgan fingerprint density at radius 1 is 0.889 bits per heavy atom. The van der Waals surface area contributed by atoms with Crippen molar-refractivity contribution < 1.29 is 0 Å². The summed E-state index contributed by atoms with van der Waals surface area (Å²) in [5, 5.41) is -0.259. The molecule has 0 aromatic rings. The maximum absolute atomic E-state index is 6.62. The standard InChI is InChI=1S/C10H6Cl8/c11-3-1-2-4(5(3)12)9(16)7(14)6(13)8(2,15)10(9,17)18/h2-5H,1H2/t2-,3-,4+,5-,8+,9-/m1/s1. The third-order valence-electron chi connectivity index (χ3n) is 4.32. The van der Waals surface area contributed by atoms with Gasteiger partial charge in [0.05, 0.1) is 20.8 Å². The van der Waals surface area contributed by atoms with Crippen molar-refractivity contribution in [2.75, 3.05) is 0 Å². The monoisotopic (exact) mass is 406 g/mol. The van der Waals surface area contributed by atoms with Crippen LogP contribution in [0.3, 0.4) is 0 Å². The van der Waals surface area contributed by atoms with E-state index in [1.807, 2.05) is 0 Å². The molecule has 2 bridgehead atoms. The lowest BCUT2D eigenvalue weighted by molar-refractivity contribution is 0.385. The molecule has 0 spiro atoms. The number of hydrogen-bond donors (Lipinski definition) is 0. The molecule has 0 heterocycles. The van der Waals surface area contributed by atoms with Gasteiger partial charge in [0.1, 0.15) is 9.75 Å². The van der Waals surface area contributed by atoms with Gasteiger partial charge < -0.3 is 0 Å². The summed E-state index contributed by atoms with van der Waals surface area (Å²) < 4.78 is -1.50. The van der Waals surface area contributed by atoms with Gasteiger partial charge in [-0.15, -0.1) is 46.4 Å². The largest absolute Gasteiger partial charge is 0.166 e. The van der Waals surface area contributed by atoms with E-state index in [0.29, 0.717) is 6.42 Å². The first-order valence-electron chi connectivity index (χ1n) is 5.21. The molecule has 0 radical (unpaired) electrons. The van der Waals surface area contributed by atoms with E-state index in [4.69, 9.17) is 92.8 Å². The Morgan fingerprint density at radius 2 is 1.39 bits per heavy atom. The predicted molar refractivity (Wildman–Crippen MR) is 81.2 cm³/mol. The minimum atomic E-state index is -1.50. The van der Waals surface area contributed by atoms with Crippen LogP contribution in [0.2, 0.25) is 0 Å². The molecule has 0 aromatic heterocycles. The second-order valence-electron chi connectivity index (χ2n) is 4.95. The SMILES string of the molecule is ClC1=C(Cl)[C@]2(Cl)[C@@H]3[C@H](Cl)[C@H](Cl)C[C@H]3[C@@]1(Cl)C2(Cl)Cl. The second-order valence-corrected chi connectivity index (χ2v) is 9.29. The molecule has 8 heteroatoms. The van der Waals surface area contributed by atoms with Crippen molar-refractivity contribution in [3.05, 3.63) is 10.1 Å². The van der Waals surface area contributed by atoms with E-state index in [-0.39, 0.29) is 27.3 Å². The van der Waals surface area contributed by atoms with E-state index in [1.54, 1.807) is 0 Å². The normalized spacial score (nSPS) is 57.3. The second kappa shape index (κ2) is 4.07. The summed E-state index contributed by atoms with van der Waals surface area (Å²) in [5.41, 5.74) is 0. The van der Waals surface area contributed by atoms with Crippen molar-refractivity contribution in [2.45, 2.75) is 31.3 Å². The molecular formula is C10H6Cl8. The van der Waals surface area contributed by atoms with E-state index in [9.17, 15) is 0 Å². The van der Waals surface area contributed by atoms with Crippen LogP contribution >= 0.6 is 92.8 Å². The summed E-state index contributed by atoms with van der Waals surface area (Å²) in [6.45, 7) is 0. The highest BCUT2D eigenvalue weighted by atomic mass is 35.5. The molecule has 0 unspecified atom stereocenters. The molecule has 3 aliphatic rings. The molecule has 102 valence electrons. The highest BCUT2D eigenvalue weighted by molar-refractivity contribution is 6.66. The molecule has 0 aliphatic heterocycles. The number of halogens is 8. The van der Waals surface area contributed by atoms with Crippen LogP contribution in [0.5, 0.6) is 0 Å². The van der Waals surface area contributed by atoms with E-state index in [0.717, 1.165) is 0 Å². The van der Waals surface area contributed by atoms with Crippen molar-refractivity contribution in [1.82, 2.24) is 0 Å². The lowest BCUT2D eigenvalue weighted by Crippen LogP contribution is -2.47. The smallest absolute Gasteiger partial charge is 0.121 e. The molecule has 6 atom stereocenters. The van der Waals surface area contributed by atoms with E-state index < -0.39 is 19.5 Å². The van der Waals surface area contributed by atoms with Crippen LogP contribution in [0.15, 0.2) is 10.1 Å². The summed E-state index contributed by atoms with van der Waals surface area (Å²) in [4.78, 5) is -2.50. The predicted octanol–water partition coefficient (Wildman–Crippen LogP) is 5.68. The fourth-order valence-electron chi connectivity index (χ4n) is 3.48. The highest BCUT2D eigenvalue weighted by Crippen LogP contribution is 2.79. The maximum atomic E-state index is 6.62. The molecule has 0 saturated heterocycles. The van der Waals surface area contributed by atoms with Gasteiger partial charge in [0.25, 0.3) is 0 Å². The Bertz CT molecular complexity index is 459. The number of hydrogen-bond acceptors (Lipinski definition) is 0. The van der Waals surface area contributed by atoms with Gasteiger partial charge in [0.15, 0.2) is 4.33 Å². The summed E-state index contributed by atoms with van der Waals surface area (Å²) >= 11 is 51.0. The van der Waals surface area contributed by atoms with Crippen molar-refractivity contribution in [2.24, 2.45) is 11.8 Å². The van der Waals surface area contributed by atoms with Crippen LogP contribution < -0.4 is 0 Å². The molecule has 0 N–H and O–H groups in total. The van der Waals surface area contributed by atoms with Gasteiger partial charge >= 0.3 is 0 Å². The molecule has 3 aliphatic carbocycles. The van der Waals surface area contributed by atoms with Crippen LogP contribution in [0.4, 0.5) is 0 Å². The van der Waals surface area contributed by atoms with E-state index in [2.05, 4.69) is 0 Å². The van der Waals surface area contributed by atoms with Gasteiger partial charge in [-0.25, -0.2) is 0 Å². The third-order valence-corrected chi connectivity index (χ3v) is 9.79. The Balaban J connectivity index is 2.26. The van der Waals surface area contributed by atoms with E-state index >= 15 is 0 Å². The minimum absolute atomic E-state index is 0.184. The van der Waals surface area contributed by atoms with Gasteiger partial charge in [-0.3, -0.25) is 0 Å². The van der Waals surface area contributed by atoms with Crippen LogP contribution in [0, 0.1) is 11.8 Å². The quantitative estimate of drug-likeness (QED) is 0.451. The lowest BCUT2D eigenvalue weighted by Gasteiger charge is -2.35. The minimum Gasteiger partial charge on any atom is -0.121 e. The summed E-state index contributed by atoms with van der Waals surface area (Å²) in [6, 6.07) is 0. The first kappa shape index (κ1) is 15.0. The van der Waals surface area contributed by atoms with Gasteiger partial charge in [-0.05, 0) is 12.3 Å². The summed E-state index contributed by atoms with van der Waals surface area (Å²) in [6.07, 6.45) is 0.555. The van der Waals surface area contributed by atoms with Crippen LogP contribution in [0.1, 0.15) is 6.42 Å². The number of rotatable bonds is 0. The summed E-state index contributed by atoms with van der Waals surface area (Å²) in [5.74, 6) is -0.488. The molecule has 18 heavy (non-hydrogen) atoms. The van der Waals surface area contributed by atoms with Crippen molar-refractivity contribution in [3.63, 3.8) is 0 Å². The Morgan fingerprint density at radius 3 is 1.94 bits per heavy atom. The molecular weight excluding hydrogens is 404 g/mol. The number of alkyl halides is 6. The zero-order valence-electron chi connectivity index (χ0n) is 8.54.